The van der Waals surface area contributed by atoms with Gasteiger partial charge in [0.2, 0.25) is 0 Å². The Morgan fingerprint density at radius 3 is 2.62 bits per heavy atom. The lowest BCUT2D eigenvalue weighted by Gasteiger charge is -2.26. The predicted molar refractivity (Wildman–Crippen MR) is 68.7 cm³/mol. The molecule has 1 aromatic rings. The largest absolute Gasteiger partial charge is 0.481 e. The lowest BCUT2D eigenvalue weighted by atomic mass is 10.0. The minimum atomic E-state index is -4.61. The first-order valence-electron chi connectivity index (χ1n) is 6.36. The first-order valence-corrected chi connectivity index (χ1v) is 6.36. The number of benzene rings is 1. The topological polar surface area (TPSA) is 64.3 Å². The van der Waals surface area contributed by atoms with Gasteiger partial charge in [0.05, 0.1) is 23.1 Å². The van der Waals surface area contributed by atoms with E-state index in [4.69, 9.17) is 10.4 Å². The number of nitrogens with zero attached hydrogens (tertiary/aromatic N) is 2. The van der Waals surface area contributed by atoms with Crippen LogP contribution in [-0.2, 0) is 11.0 Å². The minimum Gasteiger partial charge on any atom is -0.481 e. The first kappa shape index (κ1) is 15.2. The van der Waals surface area contributed by atoms with Crippen molar-refractivity contribution in [2.75, 3.05) is 11.4 Å². The molecule has 1 saturated heterocycles. The molecular weight excluding hydrogens is 285 g/mol. The number of carboxylic acids is 1. The fourth-order valence-electron chi connectivity index (χ4n) is 2.68. The molecule has 2 rings (SSSR count). The maximum atomic E-state index is 12.9. The number of aliphatic carboxylic acids is 1. The number of hydrogen-bond donors (Lipinski definition) is 1. The summed E-state index contributed by atoms with van der Waals surface area (Å²) >= 11 is 0. The van der Waals surface area contributed by atoms with Crippen LogP contribution in [0.5, 0.6) is 0 Å². The molecule has 1 aromatic carbocycles. The normalized spacial score (nSPS) is 22.1. The van der Waals surface area contributed by atoms with Gasteiger partial charge < -0.3 is 10.0 Å². The third-order valence-electron chi connectivity index (χ3n) is 3.83. The van der Waals surface area contributed by atoms with Crippen LogP contribution in [-0.4, -0.2) is 23.7 Å². The molecule has 1 N–H and O–H groups in total. The van der Waals surface area contributed by atoms with Crippen molar-refractivity contribution < 1.29 is 23.1 Å². The second kappa shape index (κ2) is 5.28. The smallest absolute Gasteiger partial charge is 0.417 e. The van der Waals surface area contributed by atoms with E-state index >= 15 is 0 Å². The molecule has 21 heavy (non-hydrogen) atoms. The van der Waals surface area contributed by atoms with Gasteiger partial charge in [-0.1, -0.05) is 0 Å². The summed E-state index contributed by atoms with van der Waals surface area (Å²) in [5, 5.41) is 17.8. The summed E-state index contributed by atoms with van der Waals surface area (Å²) < 4.78 is 38.8. The van der Waals surface area contributed by atoms with Crippen molar-refractivity contribution in [3.8, 4) is 6.07 Å². The summed E-state index contributed by atoms with van der Waals surface area (Å²) in [7, 11) is 0. The number of halogens is 3. The van der Waals surface area contributed by atoms with Crippen LogP contribution in [0.2, 0.25) is 0 Å². The van der Waals surface area contributed by atoms with Crippen molar-refractivity contribution >= 4 is 11.7 Å². The van der Waals surface area contributed by atoms with Crippen LogP contribution in [0.4, 0.5) is 18.9 Å². The highest BCUT2D eigenvalue weighted by Crippen LogP contribution is 2.37. The fraction of sp³-hybridized carbons (Fsp3) is 0.429. The molecule has 0 aromatic heterocycles. The van der Waals surface area contributed by atoms with Crippen molar-refractivity contribution in [3.05, 3.63) is 29.3 Å². The average molecular weight is 298 g/mol. The molecule has 0 bridgehead atoms. The number of rotatable bonds is 2. The SMILES string of the molecule is CC1C(C(=O)O)CCN1c1ccc(C#N)c(C(F)(F)F)c1. The van der Waals surface area contributed by atoms with Crippen LogP contribution in [0.25, 0.3) is 0 Å². The van der Waals surface area contributed by atoms with Gasteiger partial charge in [0.15, 0.2) is 0 Å². The second-order valence-corrected chi connectivity index (χ2v) is 5.01. The Kier molecular flexibility index (Phi) is 3.81. The predicted octanol–water partition coefficient (Wildman–Crippen LogP) is 2.88. The molecule has 1 heterocycles. The lowest BCUT2D eigenvalue weighted by Crippen LogP contribution is -2.33. The van der Waals surface area contributed by atoms with Crippen LogP contribution >= 0.6 is 0 Å². The molecule has 0 saturated carbocycles. The van der Waals surface area contributed by atoms with E-state index in [2.05, 4.69) is 0 Å². The molecule has 2 atom stereocenters. The zero-order chi connectivity index (χ0) is 15.8. The van der Waals surface area contributed by atoms with Gasteiger partial charge in [0.1, 0.15) is 0 Å². The van der Waals surface area contributed by atoms with Crippen molar-refractivity contribution in [3.63, 3.8) is 0 Å². The van der Waals surface area contributed by atoms with Gasteiger partial charge in [-0.2, -0.15) is 18.4 Å². The van der Waals surface area contributed by atoms with E-state index in [9.17, 15) is 18.0 Å². The van der Waals surface area contributed by atoms with Crippen LogP contribution in [0.1, 0.15) is 24.5 Å². The Balaban J connectivity index is 2.39. The van der Waals surface area contributed by atoms with Gasteiger partial charge in [-0.15, -0.1) is 0 Å². The summed E-state index contributed by atoms with van der Waals surface area (Å²) in [6.07, 6.45) is -4.23. The molecule has 0 spiro atoms. The molecule has 0 radical (unpaired) electrons. The number of alkyl halides is 3. The van der Waals surface area contributed by atoms with Crippen molar-refractivity contribution in [1.29, 1.82) is 5.26 Å². The molecule has 0 aliphatic carbocycles. The number of nitriles is 1. The van der Waals surface area contributed by atoms with Crippen LogP contribution in [0, 0.1) is 17.2 Å². The van der Waals surface area contributed by atoms with E-state index in [1.165, 1.54) is 12.1 Å². The number of carbonyl (C=O) groups is 1. The van der Waals surface area contributed by atoms with Crippen LogP contribution in [0.3, 0.4) is 0 Å². The standard InChI is InChI=1S/C14H13F3N2O2/c1-8-11(13(20)21)4-5-19(8)10-3-2-9(7-18)12(6-10)14(15,16)17/h2-3,6,8,11H,4-5H2,1H3,(H,20,21). The highest BCUT2D eigenvalue weighted by Gasteiger charge is 2.38. The molecular formula is C14H13F3N2O2. The molecule has 2 unspecified atom stereocenters. The van der Waals surface area contributed by atoms with Gasteiger partial charge in [-0.05, 0) is 31.5 Å². The Labute approximate surface area is 119 Å². The summed E-state index contributed by atoms with van der Waals surface area (Å²) in [4.78, 5) is 12.7. The summed E-state index contributed by atoms with van der Waals surface area (Å²) in [5.74, 6) is -1.55. The summed E-state index contributed by atoms with van der Waals surface area (Å²) in [6.45, 7) is 2.05. The molecule has 7 heteroatoms. The minimum absolute atomic E-state index is 0.289. The molecule has 1 fully saturated rings. The van der Waals surface area contributed by atoms with E-state index in [0.29, 0.717) is 13.0 Å². The van der Waals surface area contributed by atoms with Gasteiger partial charge >= 0.3 is 12.1 Å². The van der Waals surface area contributed by atoms with E-state index in [1.54, 1.807) is 11.8 Å². The number of anilines is 1. The van der Waals surface area contributed by atoms with Gasteiger partial charge in [-0.3, -0.25) is 4.79 Å². The third-order valence-corrected chi connectivity index (χ3v) is 3.83. The Morgan fingerprint density at radius 1 is 1.48 bits per heavy atom. The van der Waals surface area contributed by atoms with Crippen molar-refractivity contribution in [1.82, 2.24) is 0 Å². The summed E-state index contributed by atoms with van der Waals surface area (Å²) in [5.41, 5.74) is -1.14. The van der Waals surface area contributed by atoms with E-state index in [1.807, 2.05) is 0 Å². The summed E-state index contributed by atoms with van der Waals surface area (Å²) in [6, 6.07) is 4.60. The zero-order valence-corrected chi connectivity index (χ0v) is 11.2. The maximum absolute atomic E-state index is 12.9. The van der Waals surface area contributed by atoms with E-state index < -0.39 is 35.2 Å². The lowest BCUT2D eigenvalue weighted by molar-refractivity contribution is -0.142. The molecule has 1 aliphatic heterocycles. The Hall–Kier alpha value is -2.23. The van der Waals surface area contributed by atoms with Gasteiger partial charge in [0, 0.05) is 18.3 Å². The molecule has 4 nitrogen and oxygen atoms in total. The highest BCUT2D eigenvalue weighted by molar-refractivity contribution is 5.73. The number of hydrogen-bond acceptors (Lipinski definition) is 3. The fourth-order valence-corrected chi connectivity index (χ4v) is 2.68. The van der Waals surface area contributed by atoms with E-state index in [-0.39, 0.29) is 5.69 Å². The average Bonchev–Trinajstić information content (AvgIpc) is 2.79. The first-order chi connectivity index (χ1) is 9.75. The van der Waals surface area contributed by atoms with Crippen molar-refractivity contribution in [2.45, 2.75) is 25.6 Å². The quantitative estimate of drug-likeness (QED) is 0.912. The monoisotopic (exact) mass is 298 g/mol. The van der Waals surface area contributed by atoms with E-state index in [0.717, 1.165) is 12.1 Å². The van der Waals surface area contributed by atoms with Gasteiger partial charge in [0.25, 0.3) is 0 Å². The van der Waals surface area contributed by atoms with Crippen molar-refractivity contribution in [2.24, 2.45) is 5.92 Å². The zero-order valence-electron chi connectivity index (χ0n) is 11.2. The Morgan fingerprint density at radius 2 is 2.14 bits per heavy atom. The highest BCUT2D eigenvalue weighted by atomic mass is 19.4. The van der Waals surface area contributed by atoms with Gasteiger partial charge in [-0.25, -0.2) is 0 Å². The molecule has 1 aliphatic rings. The number of carboxylic acid groups (broad SMARTS) is 1. The maximum Gasteiger partial charge on any atom is 0.417 e. The Bertz CT molecular complexity index is 607. The second-order valence-electron chi connectivity index (χ2n) is 5.01. The molecule has 112 valence electrons. The van der Waals surface area contributed by atoms with Crippen LogP contribution < -0.4 is 4.90 Å². The molecule has 0 amide bonds. The van der Waals surface area contributed by atoms with Crippen LogP contribution in [0.15, 0.2) is 18.2 Å². The third kappa shape index (κ3) is 2.79.